The van der Waals surface area contributed by atoms with E-state index in [-0.39, 0.29) is 5.54 Å². The number of nitrogens with one attached hydrogen (secondary N) is 1. The van der Waals surface area contributed by atoms with Crippen LogP contribution in [-0.2, 0) is 5.54 Å². The summed E-state index contributed by atoms with van der Waals surface area (Å²) >= 11 is 0. The fraction of sp³-hybridized carbons (Fsp3) is 0.300. The van der Waals surface area contributed by atoms with Gasteiger partial charge in [0.05, 0.1) is 5.52 Å². The van der Waals surface area contributed by atoms with Crippen molar-refractivity contribution in [1.82, 2.24) is 4.98 Å². The molecule has 3 N–H and O–H groups in total. The number of benzene rings is 1. The van der Waals surface area contributed by atoms with Gasteiger partial charge in [-0.05, 0) is 30.5 Å². The molecule has 1 fully saturated rings. The fourth-order valence-electron chi connectivity index (χ4n) is 1.68. The van der Waals surface area contributed by atoms with Crippen molar-refractivity contribution in [3.63, 3.8) is 0 Å². The van der Waals surface area contributed by atoms with Gasteiger partial charge in [0.2, 0.25) is 0 Å². The summed E-state index contributed by atoms with van der Waals surface area (Å²) < 4.78 is 4.96. The number of hydrogen-bond donors (Lipinski definition) is 2. The smallest absolute Gasteiger partial charge is 0.408 e. The van der Waals surface area contributed by atoms with Gasteiger partial charge in [0.15, 0.2) is 5.58 Å². The van der Waals surface area contributed by atoms with E-state index in [0.717, 1.165) is 23.9 Å². The van der Waals surface area contributed by atoms with Gasteiger partial charge in [-0.15, -0.1) is 0 Å². The zero-order chi connectivity index (χ0) is 9.76. The first-order valence-corrected chi connectivity index (χ1v) is 4.60. The molecule has 0 saturated heterocycles. The molecule has 0 radical (unpaired) electrons. The maximum Gasteiger partial charge on any atom is 0.417 e. The predicted molar refractivity (Wildman–Crippen MR) is 51.9 cm³/mol. The van der Waals surface area contributed by atoms with Gasteiger partial charge in [-0.3, -0.25) is 4.98 Å². The largest absolute Gasteiger partial charge is 0.417 e. The van der Waals surface area contributed by atoms with E-state index in [2.05, 4.69) is 4.98 Å². The van der Waals surface area contributed by atoms with Crippen molar-refractivity contribution in [2.75, 3.05) is 0 Å². The Morgan fingerprint density at radius 1 is 1.43 bits per heavy atom. The normalized spacial score (nSPS) is 18.6. The molecule has 1 aromatic carbocycles. The third kappa shape index (κ3) is 1.01. The predicted octanol–water partition coefficient (Wildman–Crippen LogP) is 1.07. The first-order valence-electron chi connectivity index (χ1n) is 4.60. The highest BCUT2D eigenvalue weighted by molar-refractivity contribution is 5.73. The zero-order valence-electron chi connectivity index (χ0n) is 7.54. The van der Waals surface area contributed by atoms with Gasteiger partial charge in [0.25, 0.3) is 0 Å². The molecule has 0 spiro atoms. The Labute approximate surface area is 79.7 Å². The van der Waals surface area contributed by atoms with Crippen LogP contribution in [0.1, 0.15) is 18.4 Å². The standard InChI is InChI=1S/C10H10N2O2/c11-10(3-4-10)6-1-2-7-8(5-6)14-9(13)12-7/h1-2,5H,3-4,11H2,(H,12,13). The molecule has 14 heavy (non-hydrogen) atoms. The van der Waals surface area contributed by atoms with E-state index in [1.807, 2.05) is 18.2 Å². The molecule has 1 saturated carbocycles. The van der Waals surface area contributed by atoms with Crippen LogP contribution < -0.4 is 11.5 Å². The average Bonchev–Trinajstić information content (AvgIpc) is 2.79. The Morgan fingerprint density at radius 3 is 2.93 bits per heavy atom. The number of aromatic amines is 1. The van der Waals surface area contributed by atoms with Crippen molar-refractivity contribution in [2.45, 2.75) is 18.4 Å². The van der Waals surface area contributed by atoms with E-state index >= 15 is 0 Å². The third-order valence-electron chi connectivity index (χ3n) is 2.78. The highest BCUT2D eigenvalue weighted by Gasteiger charge is 2.40. The second kappa shape index (κ2) is 2.27. The molecule has 72 valence electrons. The van der Waals surface area contributed by atoms with Crippen LogP contribution in [0, 0.1) is 0 Å². The monoisotopic (exact) mass is 190 g/mol. The summed E-state index contributed by atoms with van der Waals surface area (Å²) in [4.78, 5) is 13.5. The summed E-state index contributed by atoms with van der Waals surface area (Å²) in [7, 11) is 0. The SMILES string of the molecule is NC1(c2ccc3[nH]c(=O)oc3c2)CC1. The molecule has 0 unspecified atom stereocenters. The number of nitrogens with two attached hydrogens (primary N) is 1. The van der Waals surface area contributed by atoms with Crippen molar-refractivity contribution in [1.29, 1.82) is 0 Å². The maximum atomic E-state index is 10.9. The van der Waals surface area contributed by atoms with E-state index in [0.29, 0.717) is 5.58 Å². The Bertz CT molecular complexity index is 548. The number of fused-ring (bicyclic) bond motifs is 1. The van der Waals surface area contributed by atoms with Crippen LogP contribution in [0.3, 0.4) is 0 Å². The van der Waals surface area contributed by atoms with Gasteiger partial charge >= 0.3 is 5.76 Å². The van der Waals surface area contributed by atoms with Gasteiger partial charge < -0.3 is 10.2 Å². The lowest BCUT2D eigenvalue weighted by atomic mass is 10.1. The van der Waals surface area contributed by atoms with Crippen molar-refractivity contribution in [3.8, 4) is 0 Å². The quantitative estimate of drug-likeness (QED) is 0.706. The van der Waals surface area contributed by atoms with E-state index in [9.17, 15) is 4.79 Å². The summed E-state index contributed by atoms with van der Waals surface area (Å²) in [6.45, 7) is 0. The molecule has 4 nitrogen and oxygen atoms in total. The summed E-state index contributed by atoms with van der Waals surface area (Å²) in [5, 5.41) is 0. The molecular formula is C10H10N2O2. The average molecular weight is 190 g/mol. The summed E-state index contributed by atoms with van der Waals surface area (Å²) in [5.74, 6) is -0.418. The number of hydrogen-bond acceptors (Lipinski definition) is 3. The van der Waals surface area contributed by atoms with E-state index in [1.54, 1.807) is 0 Å². The lowest BCUT2D eigenvalue weighted by Crippen LogP contribution is -2.18. The van der Waals surface area contributed by atoms with Gasteiger partial charge in [0, 0.05) is 5.54 Å². The highest BCUT2D eigenvalue weighted by atomic mass is 16.4. The minimum Gasteiger partial charge on any atom is -0.408 e. The number of rotatable bonds is 1. The van der Waals surface area contributed by atoms with Crippen molar-refractivity contribution >= 4 is 11.1 Å². The first kappa shape index (κ1) is 7.82. The fourth-order valence-corrected chi connectivity index (χ4v) is 1.68. The molecule has 4 heteroatoms. The van der Waals surface area contributed by atoms with Gasteiger partial charge in [-0.1, -0.05) is 6.07 Å². The van der Waals surface area contributed by atoms with Crippen molar-refractivity contribution in [2.24, 2.45) is 5.73 Å². The molecule has 1 aromatic heterocycles. The summed E-state index contributed by atoms with van der Waals surface area (Å²) in [5.41, 5.74) is 8.22. The van der Waals surface area contributed by atoms with Crippen molar-refractivity contribution in [3.05, 3.63) is 34.3 Å². The second-order valence-electron chi connectivity index (χ2n) is 3.88. The minimum absolute atomic E-state index is 0.177. The molecule has 0 bridgehead atoms. The van der Waals surface area contributed by atoms with Crippen LogP contribution in [-0.4, -0.2) is 4.98 Å². The van der Waals surface area contributed by atoms with Crippen LogP contribution in [0.4, 0.5) is 0 Å². The Balaban J connectivity index is 2.24. The van der Waals surface area contributed by atoms with Gasteiger partial charge in [0.1, 0.15) is 0 Å². The number of aromatic nitrogens is 1. The molecule has 1 heterocycles. The number of H-pyrrole nitrogens is 1. The van der Waals surface area contributed by atoms with Gasteiger partial charge in [-0.2, -0.15) is 0 Å². The van der Waals surface area contributed by atoms with Crippen LogP contribution in [0.2, 0.25) is 0 Å². The summed E-state index contributed by atoms with van der Waals surface area (Å²) in [6, 6.07) is 5.63. The lowest BCUT2D eigenvalue weighted by Gasteiger charge is -2.07. The van der Waals surface area contributed by atoms with E-state index in [1.165, 1.54) is 0 Å². The third-order valence-corrected chi connectivity index (χ3v) is 2.78. The second-order valence-corrected chi connectivity index (χ2v) is 3.88. The van der Waals surface area contributed by atoms with Gasteiger partial charge in [-0.25, -0.2) is 4.79 Å². The van der Waals surface area contributed by atoms with Crippen LogP contribution in [0.25, 0.3) is 11.1 Å². The summed E-state index contributed by atoms with van der Waals surface area (Å²) in [6.07, 6.45) is 2.01. The molecule has 3 rings (SSSR count). The highest BCUT2D eigenvalue weighted by Crippen LogP contribution is 2.43. The maximum absolute atomic E-state index is 10.9. The first-order chi connectivity index (χ1) is 6.67. The Kier molecular flexibility index (Phi) is 1.27. The molecule has 1 aliphatic carbocycles. The zero-order valence-corrected chi connectivity index (χ0v) is 7.54. The number of oxazole rings is 1. The van der Waals surface area contributed by atoms with Crippen LogP contribution in [0.5, 0.6) is 0 Å². The topological polar surface area (TPSA) is 72.0 Å². The molecule has 1 aliphatic rings. The molecular weight excluding hydrogens is 180 g/mol. The molecule has 0 amide bonds. The van der Waals surface area contributed by atoms with Crippen LogP contribution >= 0.6 is 0 Å². The Hall–Kier alpha value is -1.55. The van der Waals surface area contributed by atoms with Crippen molar-refractivity contribution < 1.29 is 4.42 Å². The van der Waals surface area contributed by atoms with Crippen LogP contribution in [0.15, 0.2) is 27.4 Å². The molecule has 0 atom stereocenters. The van der Waals surface area contributed by atoms with E-state index < -0.39 is 5.76 Å². The molecule has 2 aromatic rings. The Morgan fingerprint density at radius 2 is 2.21 bits per heavy atom. The van der Waals surface area contributed by atoms with E-state index in [4.69, 9.17) is 10.2 Å². The lowest BCUT2D eigenvalue weighted by molar-refractivity contribution is 0.554. The molecule has 0 aliphatic heterocycles. The minimum atomic E-state index is -0.418.